The van der Waals surface area contributed by atoms with E-state index in [0.29, 0.717) is 12.8 Å². The van der Waals surface area contributed by atoms with Gasteiger partial charge in [-0.05, 0) is 12.8 Å². The first-order chi connectivity index (χ1) is 33.9. The molecule has 0 saturated carbocycles. The van der Waals surface area contributed by atoms with Gasteiger partial charge in [0.25, 0.3) is 0 Å². The van der Waals surface area contributed by atoms with E-state index in [1.807, 2.05) is 0 Å². The zero-order chi connectivity index (χ0) is 51.4. The normalized spacial score (nSPS) is 26.8. The third-order valence-corrected chi connectivity index (χ3v) is 14.5. The Hall–Kier alpha value is -1.09. The number of hydrogen-bond donors (Lipinski definition) is 11. The number of carbonyl (C=O) groups is 1. The summed E-state index contributed by atoms with van der Waals surface area (Å²) in [7, 11) is 0. The van der Waals surface area contributed by atoms with Crippen molar-refractivity contribution >= 4 is 5.91 Å². The van der Waals surface area contributed by atoms with Crippen molar-refractivity contribution in [2.24, 2.45) is 0 Å². The maximum absolute atomic E-state index is 13.4. The summed E-state index contributed by atoms with van der Waals surface area (Å²) >= 11 is 0. The molecule has 14 atom stereocenters. The van der Waals surface area contributed by atoms with E-state index in [1.54, 1.807) is 0 Å². The van der Waals surface area contributed by atoms with Gasteiger partial charge in [-0.3, -0.25) is 4.79 Å². The van der Waals surface area contributed by atoms with Gasteiger partial charge in [-0.1, -0.05) is 219 Å². The van der Waals surface area contributed by atoms with Gasteiger partial charge in [0.2, 0.25) is 5.91 Å². The van der Waals surface area contributed by atoms with Gasteiger partial charge in [-0.25, -0.2) is 0 Å². The number of hydrogen-bond acceptors (Lipinski definition) is 15. The third-order valence-electron chi connectivity index (χ3n) is 14.5. The van der Waals surface area contributed by atoms with E-state index in [1.165, 1.54) is 141 Å². The lowest BCUT2D eigenvalue weighted by atomic mass is 9.97. The van der Waals surface area contributed by atoms with E-state index in [-0.39, 0.29) is 12.8 Å². The van der Waals surface area contributed by atoms with Crippen LogP contribution in [0.1, 0.15) is 232 Å². The summed E-state index contributed by atoms with van der Waals surface area (Å²) in [6.45, 7) is 2.41. The molecule has 0 spiro atoms. The van der Waals surface area contributed by atoms with Crippen LogP contribution in [0.25, 0.3) is 0 Å². The second kappa shape index (κ2) is 41.2. The molecular weight excluding hydrogens is 903 g/mol. The summed E-state index contributed by atoms with van der Waals surface area (Å²) in [5.41, 5.74) is 0. The fourth-order valence-corrected chi connectivity index (χ4v) is 9.73. The van der Waals surface area contributed by atoms with Crippen molar-refractivity contribution in [3.63, 3.8) is 0 Å². The molecule has 2 saturated heterocycles. The summed E-state index contributed by atoms with van der Waals surface area (Å²) in [6.07, 6.45) is 17.8. The van der Waals surface area contributed by atoms with E-state index < -0.39 is 111 Å². The minimum absolute atomic E-state index is 0.193. The number of amides is 1. The zero-order valence-corrected chi connectivity index (χ0v) is 43.8. The van der Waals surface area contributed by atoms with Crippen LogP contribution in [-0.4, -0.2) is 163 Å². The fraction of sp³-hybridized carbons (Fsp3) is 0.981. The molecule has 70 heavy (non-hydrogen) atoms. The molecule has 0 aromatic carbocycles. The molecule has 2 fully saturated rings. The first kappa shape index (κ1) is 65.0. The molecule has 0 aromatic rings. The molecule has 416 valence electrons. The summed E-state index contributed by atoms with van der Waals surface area (Å²) < 4.78 is 22.9. The maximum Gasteiger partial charge on any atom is 0.249 e. The van der Waals surface area contributed by atoms with Gasteiger partial charge in [0.1, 0.15) is 61.0 Å². The Morgan fingerprint density at radius 1 is 0.471 bits per heavy atom. The molecule has 2 rings (SSSR count). The van der Waals surface area contributed by atoms with Gasteiger partial charge < -0.3 is 75.3 Å². The number of unbranched alkanes of at least 4 members (excludes halogenated alkanes) is 30. The monoisotopic (exact) mass is 1010 g/mol. The molecule has 16 heteroatoms. The van der Waals surface area contributed by atoms with Gasteiger partial charge in [-0.2, -0.15) is 0 Å². The molecule has 0 aliphatic carbocycles. The Bertz CT molecular complexity index is 1220. The summed E-state index contributed by atoms with van der Waals surface area (Å²) in [6, 6.07) is -1.31. The quantitative estimate of drug-likeness (QED) is 0.0291. The first-order valence-corrected chi connectivity index (χ1v) is 28.5. The highest BCUT2D eigenvalue weighted by Gasteiger charge is 2.51. The van der Waals surface area contributed by atoms with E-state index in [0.717, 1.165) is 51.4 Å². The minimum Gasteiger partial charge on any atom is -0.394 e. The van der Waals surface area contributed by atoms with Gasteiger partial charge >= 0.3 is 0 Å². The molecule has 0 aromatic heterocycles. The lowest BCUT2D eigenvalue weighted by Crippen LogP contribution is -2.65. The van der Waals surface area contributed by atoms with Crippen molar-refractivity contribution < 1.29 is 74.8 Å². The molecule has 1 amide bonds. The standard InChI is InChI=1S/C54H105NO15/c1-3-5-7-9-11-13-15-17-18-19-20-21-22-23-24-26-28-30-32-34-36-42(59)52(66)55-40(45(60)41(58)35-33-31-29-27-25-16-14-12-10-8-6-4-2)39-67-54-51(49(64)47(62)44(38-57)69-54)70-53-50(65)48(63)46(61)43(37-56)68-53/h40-51,53-54,56-65H,3-39H2,1-2H3,(H,55,66). The second-order valence-corrected chi connectivity index (χ2v) is 20.7. The number of nitrogens with one attached hydrogen (secondary N) is 1. The molecule has 2 heterocycles. The predicted molar refractivity (Wildman–Crippen MR) is 271 cm³/mol. The average molecular weight is 1010 g/mol. The summed E-state index contributed by atoms with van der Waals surface area (Å²) in [5.74, 6) is -0.773. The van der Waals surface area contributed by atoms with Crippen LogP contribution in [0.15, 0.2) is 0 Å². The Labute approximate surface area is 422 Å². The molecule has 11 N–H and O–H groups in total. The Morgan fingerprint density at radius 2 is 0.829 bits per heavy atom. The molecule has 14 unspecified atom stereocenters. The fourth-order valence-electron chi connectivity index (χ4n) is 9.73. The first-order valence-electron chi connectivity index (χ1n) is 28.5. The van der Waals surface area contributed by atoms with Crippen LogP contribution in [0.2, 0.25) is 0 Å². The van der Waals surface area contributed by atoms with Crippen LogP contribution in [0.4, 0.5) is 0 Å². The topological polar surface area (TPSA) is 268 Å². The third kappa shape index (κ3) is 26.9. The molecule has 0 bridgehead atoms. The van der Waals surface area contributed by atoms with Crippen LogP contribution < -0.4 is 5.32 Å². The van der Waals surface area contributed by atoms with Gasteiger partial charge in [-0.15, -0.1) is 0 Å². The maximum atomic E-state index is 13.4. The van der Waals surface area contributed by atoms with E-state index in [4.69, 9.17) is 18.9 Å². The molecule has 2 aliphatic heterocycles. The van der Waals surface area contributed by atoms with Crippen molar-refractivity contribution in [2.75, 3.05) is 19.8 Å². The van der Waals surface area contributed by atoms with Gasteiger partial charge in [0.05, 0.1) is 32.0 Å². The Morgan fingerprint density at radius 3 is 1.23 bits per heavy atom. The van der Waals surface area contributed by atoms with Crippen molar-refractivity contribution in [3.8, 4) is 0 Å². The summed E-state index contributed by atoms with van der Waals surface area (Å²) in [4.78, 5) is 13.4. The van der Waals surface area contributed by atoms with Crippen molar-refractivity contribution in [1.82, 2.24) is 5.32 Å². The molecular formula is C54H105NO15. The SMILES string of the molecule is CCCCCCCCCCCCCCCCCCCCCCC(O)C(=O)NC(COC1OC(CO)C(O)C(O)C1OC1OC(CO)C(O)C(O)C1O)C(O)C(O)CCCCCCCCCCCCCC. The highest BCUT2D eigenvalue weighted by Crippen LogP contribution is 2.30. The number of aliphatic hydroxyl groups excluding tert-OH is 10. The number of aliphatic hydroxyl groups is 10. The summed E-state index contributed by atoms with van der Waals surface area (Å²) in [5, 5.41) is 109. The second-order valence-electron chi connectivity index (χ2n) is 20.7. The van der Waals surface area contributed by atoms with E-state index in [2.05, 4.69) is 19.2 Å². The van der Waals surface area contributed by atoms with Gasteiger partial charge in [0, 0.05) is 0 Å². The lowest BCUT2D eigenvalue weighted by Gasteiger charge is -2.46. The number of ether oxygens (including phenoxy) is 4. The zero-order valence-electron chi connectivity index (χ0n) is 43.8. The van der Waals surface area contributed by atoms with Crippen LogP contribution in [-0.2, 0) is 23.7 Å². The largest absolute Gasteiger partial charge is 0.394 e. The molecule has 2 aliphatic rings. The van der Waals surface area contributed by atoms with Gasteiger partial charge in [0.15, 0.2) is 12.6 Å². The van der Waals surface area contributed by atoms with Crippen LogP contribution >= 0.6 is 0 Å². The highest BCUT2D eigenvalue weighted by atomic mass is 16.8. The lowest BCUT2D eigenvalue weighted by molar-refractivity contribution is -0.368. The molecule has 16 nitrogen and oxygen atoms in total. The number of carbonyl (C=O) groups excluding carboxylic acids is 1. The van der Waals surface area contributed by atoms with Crippen LogP contribution in [0.3, 0.4) is 0 Å². The Balaban J connectivity index is 1.89. The van der Waals surface area contributed by atoms with Crippen molar-refractivity contribution in [2.45, 2.75) is 318 Å². The van der Waals surface area contributed by atoms with Crippen molar-refractivity contribution in [1.29, 1.82) is 0 Å². The van der Waals surface area contributed by atoms with E-state index in [9.17, 15) is 55.9 Å². The van der Waals surface area contributed by atoms with Crippen LogP contribution in [0.5, 0.6) is 0 Å². The minimum atomic E-state index is -1.87. The van der Waals surface area contributed by atoms with Crippen molar-refractivity contribution in [3.05, 3.63) is 0 Å². The predicted octanol–water partition coefficient (Wildman–Crippen LogP) is 6.50. The molecule has 0 radical (unpaired) electrons. The van der Waals surface area contributed by atoms with Crippen LogP contribution in [0, 0.1) is 0 Å². The average Bonchev–Trinajstić information content (AvgIpc) is 3.36. The number of rotatable bonds is 45. The highest BCUT2D eigenvalue weighted by molar-refractivity contribution is 5.80. The smallest absolute Gasteiger partial charge is 0.249 e. The Kier molecular flexibility index (Phi) is 38.3. The van der Waals surface area contributed by atoms with E-state index >= 15 is 0 Å².